The van der Waals surface area contributed by atoms with Gasteiger partial charge in [-0.15, -0.1) is 0 Å². The van der Waals surface area contributed by atoms with Gasteiger partial charge in [0.15, 0.2) is 0 Å². The van der Waals surface area contributed by atoms with E-state index >= 15 is 0 Å². The van der Waals surface area contributed by atoms with E-state index in [0.29, 0.717) is 0 Å². The monoisotopic (exact) mass is 275 g/mol. The Bertz CT molecular complexity index is 301. The maximum atomic E-state index is 11.2. The third kappa shape index (κ3) is 4.68. The second-order valence-corrected chi connectivity index (χ2v) is 4.21. The fraction of sp³-hybridized carbons (Fsp3) is 0.571. The van der Waals surface area contributed by atoms with E-state index in [1.807, 2.05) is 0 Å². The first-order valence-corrected chi connectivity index (χ1v) is 5.05. The van der Waals surface area contributed by atoms with Crippen molar-refractivity contribution in [1.29, 1.82) is 0 Å². The largest absolute Gasteiger partial charge is 0.455 e. The fourth-order valence-corrected chi connectivity index (χ4v) is 0.985. The van der Waals surface area contributed by atoms with Crippen molar-refractivity contribution in [2.24, 2.45) is 0 Å². The van der Waals surface area contributed by atoms with Crippen molar-refractivity contribution in [3.05, 3.63) is 20.8 Å². The number of hydrogen-bond acceptors (Lipinski definition) is 4. The average Bonchev–Trinajstić information content (AvgIpc) is 2.01. The Labute approximate surface area is 101 Å². The van der Waals surface area contributed by atoms with Gasteiger partial charge >= 0.3 is 11.7 Å². The molecule has 0 saturated carbocycles. The Balaban J connectivity index is 5.07. The van der Waals surface area contributed by atoms with E-state index < -0.39 is 32.6 Å². The van der Waals surface area contributed by atoms with Crippen LogP contribution < -0.4 is 0 Å². The molecule has 0 bridgehead atoms. The van der Waals surface area contributed by atoms with Crippen LogP contribution in [0.1, 0.15) is 13.8 Å². The van der Waals surface area contributed by atoms with Crippen LogP contribution in [0.4, 0.5) is 0 Å². The number of carbonyl (C=O) groups is 1. The molecule has 0 saturated heterocycles. The minimum absolute atomic E-state index is 0.499. The molecule has 86 valence electrons. The Hall–Kier alpha value is -0.520. The number of hydrogen-bond donors (Lipinski definition) is 0. The van der Waals surface area contributed by atoms with Gasteiger partial charge < -0.3 is 4.74 Å². The number of allylic oxidation sites excluding steroid dienone is 1. The van der Waals surface area contributed by atoms with Crippen LogP contribution in [-0.4, -0.2) is 21.8 Å². The molecule has 0 unspecified atom stereocenters. The van der Waals surface area contributed by atoms with Crippen molar-refractivity contribution in [2.75, 3.05) is 0 Å². The highest BCUT2D eigenvalue weighted by Gasteiger charge is 2.31. The van der Waals surface area contributed by atoms with Crippen molar-refractivity contribution in [3.8, 4) is 0 Å². The number of halogens is 3. The number of nitrogens with zero attached hydrogens (tertiary/aromatic N) is 1. The number of alkyl halides is 2. The molecular formula is C7H8Cl3NO4. The standard InChI is InChI=1S/C7H8Cl3NO4/c1-3(2)15-7(12)5(11(13)14)4(8)6(9)10/h3,6H,1-2H3/b5-4+. The molecule has 0 N–H and O–H groups in total. The van der Waals surface area contributed by atoms with Crippen LogP contribution in [-0.2, 0) is 9.53 Å². The second kappa shape index (κ2) is 6.15. The van der Waals surface area contributed by atoms with Crippen molar-refractivity contribution in [1.82, 2.24) is 0 Å². The molecule has 5 nitrogen and oxygen atoms in total. The van der Waals surface area contributed by atoms with Gasteiger partial charge in [0.05, 0.1) is 11.0 Å². The molecule has 0 fully saturated rings. The molecule has 0 spiro atoms. The molecule has 0 amide bonds. The summed E-state index contributed by atoms with van der Waals surface area (Å²) in [4.78, 5) is 19.4. The first-order chi connectivity index (χ1) is 6.77. The molecule has 0 aliphatic rings. The SMILES string of the molecule is CC(C)OC(=O)/C(=C(\Cl)C(Cl)Cl)[N+](=O)[O-]. The number of rotatable bonds is 4. The zero-order chi connectivity index (χ0) is 12.2. The number of nitro groups is 1. The van der Waals surface area contributed by atoms with Crippen molar-refractivity contribution in [2.45, 2.75) is 24.8 Å². The van der Waals surface area contributed by atoms with Crippen molar-refractivity contribution in [3.63, 3.8) is 0 Å². The molecule has 0 aromatic rings. The van der Waals surface area contributed by atoms with Gasteiger partial charge in [-0.2, -0.15) is 0 Å². The van der Waals surface area contributed by atoms with Gasteiger partial charge in [-0.1, -0.05) is 34.8 Å². The fourth-order valence-electron chi connectivity index (χ4n) is 0.632. The predicted octanol–water partition coefficient (Wildman–Crippen LogP) is 2.47. The minimum atomic E-state index is -1.34. The lowest BCUT2D eigenvalue weighted by Gasteiger charge is -2.07. The highest BCUT2D eigenvalue weighted by Crippen LogP contribution is 2.23. The molecule has 0 aromatic carbocycles. The maximum absolute atomic E-state index is 11.2. The first-order valence-electron chi connectivity index (χ1n) is 3.80. The third-order valence-electron chi connectivity index (χ3n) is 1.14. The van der Waals surface area contributed by atoms with E-state index in [9.17, 15) is 14.9 Å². The van der Waals surface area contributed by atoms with E-state index in [1.54, 1.807) is 13.8 Å². The topological polar surface area (TPSA) is 69.4 Å². The summed E-state index contributed by atoms with van der Waals surface area (Å²) >= 11 is 16.1. The van der Waals surface area contributed by atoms with E-state index in [-0.39, 0.29) is 0 Å². The molecule has 15 heavy (non-hydrogen) atoms. The Morgan fingerprint density at radius 3 is 2.13 bits per heavy atom. The van der Waals surface area contributed by atoms with Crippen LogP contribution in [0.5, 0.6) is 0 Å². The Kier molecular flexibility index (Phi) is 5.93. The summed E-state index contributed by atoms with van der Waals surface area (Å²) < 4.78 is 4.60. The first kappa shape index (κ1) is 14.5. The normalized spacial score (nSPS) is 12.7. The average molecular weight is 277 g/mol. The molecule has 0 heterocycles. The lowest BCUT2D eigenvalue weighted by molar-refractivity contribution is -0.422. The summed E-state index contributed by atoms with van der Waals surface area (Å²) in [5, 5.41) is 9.95. The molecule has 0 aliphatic heterocycles. The van der Waals surface area contributed by atoms with Gasteiger partial charge in [0.1, 0.15) is 9.87 Å². The van der Waals surface area contributed by atoms with Gasteiger partial charge in [-0.05, 0) is 13.8 Å². The van der Waals surface area contributed by atoms with Gasteiger partial charge in [-0.3, -0.25) is 10.1 Å². The van der Waals surface area contributed by atoms with Crippen LogP contribution in [0.15, 0.2) is 10.7 Å². The molecule has 0 rings (SSSR count). The summed E-state index contributed by atoms with van der Waals surface area (Å²) in [5.41, 5.74) is -0.944. The van der Waals surface area contributed by atoms with Gasteiger partial charge in [-0.25, -0.2) is 4.79 Å². The van der Waals surface area contributed by atoms with Crippen LogP contribution in [0, 0.1) is 10.1 Å². The van der Waals surface area contributed by atoms with E-state index in [4.69, 9.17) is 34.8 Å². The Morgan fingerprint density at radius 1 is 1.40 bits per heavy atom. The third-order valence-corrected chi connectivity index (χ3v) is 2.19. The minimum Gasteiger partial charge on any atom is -0.455 e. The summed E-state index contributed by atoms with van der Waals surface area (Å²) in [7, 11) is 0. The summed E-state index contributed by atoms with van der Waals surface area (Å²) in [6, 6.07) is 0. The molecular weight excluding hydrogens is 268 g/mol. The number of carbonyl (C=O) groups excluding carboxylic acids is 1. The number of ether oxygens (including phenoxy) is 1. The van der Waals surface area contributed by atoms with Crippen LogP contribution in [0.25, 0.3) is 0 Å². The lowest BCUT2D eigenvalue weighted by Crippen LogP contribution is -2.20. The quantitative estimate of drug-likeness (QED) is 0.260. The molecule has 8 heteroatoms. The van der Waals surface area contributed by atoms with Crippen LogP contribution in [0.2, 0.25) is 0 Å². The zero-order valence-corrected chi connectivity index (χ0v) is 10.1. The van der Waals surface area contributed by atoms with Crippen LogP contribution >= 0.6 is 34.8 Å². The van der Waals surface area contributed by atoms with Gasteiger partial charge in [0, 0.05) is 0 Å². The lowest BCUT2D eigenvalue weighted by atomic mass is 10.4. The molecule has 0 radical (unpaired) electrons. The maximum Gasteiger partial charge on any atom is 0.411 e. The predicted molar refractivity (Wildman–Crippen MR) is 56.6 cm³/mol. The zero-order valence-electron chi connectivity index (χ0n) is 7.87. The Morgan fingerprint density at radius 2 is 1.87 bits per heavy atom. The van der Waals surface area contributed by atoms with E-state index in [1.165, 1.54) is 0 Å². The second-order valence-electron chi connectivity index (χ2n) is 2.71. The summed E-state index contributed by atoms with van der Waals surface area (Å²) in [6.45, 7) is 3.09. The molecule has 0 aliphatic carbocycles. The van der Waals surface area contributed by atoms with Crippen LogP contribution in [0.3, 0.4) is 0 Å². The van der Waals surface area contributed by atoms with E-state index in [2.05, 4.69) is 4.74 Å². The van der Waals surface area contributed by atoms with Gasteiger partial charge in [0.2, 0.25) is 0 Å². The number of esters is 1. The van der Waals surface area contributed by atoms with Crippen molar-refractivity contribution >= 4 is 40.8 Å². The summed E-state index contributed by atoms with van der Waals surface area (Å²) in [6.07, 6.45) is -0.499. The highest BCUT2D eigenvalue weighted by molar-refractivity contribution is 6.52. The van der Waals surface area contributed by atoms with Gasteiger partial charge in [0.25, 0.3) is 0 Å². The highest BCUT2D eigenvalue weighted by atomic mass is 35.5. The van der Waals surface area contributed by atoms with Crippen molar-refractivity contribution < 1.29 is 14.5 Å². The summed E-state index contributed by atoms with van der Waals surface area (Å²) in [5.74, 6) is -1.16. The molecule has 0 atom stereocenters. The smallest absolute Gasteiger partial charge is 0.411 e. The van der Waals surface area contributed by atoms with E-state index in [0.717, 1.165) is 0 Å². The molecule has 0 aromatic heterocycles.